The van der Waals surface area contributed by atoms with Crippen LogP contribution in [0.4, 0.5) is 15.9 Å². The van der Waals surface area contributed by atoms with E-state index in [9.17, 15) is 9.30 Å². The average Bonchev–Trinajstić information content (AvgIpc) is 3.67. The molecule has 4 aromatic rings. The highest BCUT2D eigenvalue weighted by Gasteiger charge is 2.49. The van der Waals surface area contributed by atoms with Gasteiger partial charge >= 0.3 is 6.01 Å². The minimum Gasteiger partial charge on any atom is -0.461 e. The fourth-order valence-corrected chi connectivity index (χ4v) is 8.22. The SMILES string of the molecule is Cc1c(-c2cc(N=O)cc3ccccc23)nc(Cl)c2c(N3CC4CCC(C3)N4)nc(OC[C@@]34CCCN3C[C@H](F)C4)nc12. The van der Waals surface area contributed by atoms with Crippen LogP contribution in [0, 0.1) is 11.8 Å². The minimum atomic E-state index is -0.838. The van der Waals surface area contributed by atoms with Crippen LogP contribution in [-0.4, -0.2) is 76.4 Å². The molecule has 43 heavy (non-hydrogen) atoms. The molecule has 0 aliphatic carbocycles. The van der Waals surface area contributed by atoms with Crippen LogP contribution in [0.15, 0.2) is 41.6 Å². The zero-order chi connectivity index (χ0) is 29.3. The molecule has 222 valence electrons. The van der Waals surface area contributed by atoms with E-state index < -0.39 is 6.17 Å². The van der Waals surface area contributed by atoms with Gasteiger partial charge in [-0.3, -0.25) is 4.90 Å². The van der Waals surface area contributed by atoms with Crippen LogP contribution in [0.1, 0.15) is 37.7 Å². The highest BCUT2D eigenvalue weighted by molar-refractivity contribution is 6.35. The molecule has 4 aliphatic heterocycles. The predicted octanol–water partition coefficient (Wildman–Crippen LogP) is 6.10. The summed E-state index contributed by atoms with van der Waals surface area (Å²) in [6.07, 6.45) is 3.83. The second kappa shape index (κ2) is 10.3. The van der Waals surface area contributed by atoms with Gasteiger partial charge in [-0.2, -0.15) is 9.97 Å². The number of ether oxygens (including phenoxy) is 1. The van der Waals surface area contributed by atoms with Crippen molar-refractivity contribution in [1.29, 1.82) is 0 Å². The molecule has 1 N–H and O–H groups in total. The van der Waals surface area contributed by atoms with Gasteiger partial charge < -0.3 is 15.0 Å². The first-order chi connectivity index (χ1) is 20.9. The number of aryl methyl sites for hydroxylation is 1. The van der Waals surface area contributed by atoms with E-state index in [0.29, 0.717) is 64.9 Å². The molecule has 8 rings (SSSR count). The van der Waals surface area contributed by atoms with E-state index in [1.807, 2.05) is 31.2 Å². The largest absolute Gasteiger partial charge is 0.461 e. The molecule has 2 aromatic heterocycles. The molecule has 0 radical (unpaired) electrons. The average molecular weight is 602 g/mol. The minimum absolute atomic E-state index is 0.265. The number of aromatic nitrogens is 3. The standard InChI is InChI=1S/C32H33ClFN7O2/c1-18-27(25-12-23(39-42)11-19-5-2-3-6-24(19)25)36-29(33)26-28(18)37-31(38-30(26)40-15-21-7-8-22(16-40)35-21)43-17-32-9-4-10-41(32)14-20(34)13-32/h2-3,5-6,11-12,20-22,35H,4,7-10,13-17H2,1H3/t20-,21?,22?,32+/m1/s1. The van der Waals surface area contributed by atoms with Crippen molar-refractivity contribution in [3.05, 3.63) is 52.0 Å². The summed E-state index contributed by atoms with van der Waals surface area (Å²) in [5.41, 5.74) is 2.86. The van der Waals surface area contributed by atoms with Crippen molar-refractivity contribution < 1.29 is 9.13 Å². The third kappa shape index (κ3) is 4.53. The zero-order valence-electron chi connectivity index (χ0n) is 24.0. The maximum Gasteiger partial charge on any atom is 0.319 e. The number of anilines is 1. The number of halogens is 2. The molecule has 6 heterocycles. The molecule has 2 aromatic carbocycles. The fraction of sp³-hybridized carbons (Fsp3) is 0.469. The van der Waals surface area contributed by atoms with Crippen molar-refractivity contribution in [1.82, 2.24) is 25.2 Å². The molecule has 0 amide bonds. The molecule has 4 fully saturated rings. The molecule has 0 saturated carbocycles. The van der Waals surface area contributed by atoms with Gasteiger partial charge in [0, 0.05) is 49.3 Å². The summed E-state index contributed by atoms with van der Waals surface area (Å²) < 4.78 is 20.9. The smallest absolute Gasteiger partial charge is 0.319 e. The highest BCUT2D eigenvalue weighted by atomic mass is 35.5. The number of piperazine rings is 1. The van der Waals surface area contributed by atoms with Crippen molar-refractivity contribution >= 4 is 44.8 Å². The third-order valence-corrected chi connectivity index (χ3v) is 10.2. The lowest BCUT2D eigenvalue weighted by atomic mass is 9.95. The van der Waals surface area contributed by atoms with E-state index in [1.165, 1.54) is 0 Å². The quantitative estimate of drug-likeness (QED) is 0.209. The summed E-state index contributed by atoms with van der Waals surface area (Å²) in [7, 11) is 0. The van der Waals surface area contributed by atoms with E-state index in [2.05, 4.69) is 20.3 Å². The van der Waals surface area contributed by atoms with Crippen molar-refractivity contribution in [3.8, 4) is 17.3 Å². The Labute approximate surface area is 253 Å². The van der Waals surface area contributed by atoms with Crippen LogP contribution in [0.2, 0.25) is 5.15 Å². The van der Waals surface area contributed by atoms with Crippen LogP contribution < -0.4 is 15.0 Å². The lowest BCUT2D eigenvalue weighted by Crippen LogP contribution is -2.51. The summed E-state index contributed by atoms with van der Waals surface area (Å²) in [5, 5.41) is 9.73. The Bertz CT molecular complexity index is 1760. The first-order valence-electron chi connectivity index (χ1n) is 15.2. The van der Waals surface area contributed by atoms with Crippen LogP contribution >= 0.6 is 11.6 Å². The Hall–Kier alpha value is -3.47. The first-order valence-corrected chi connectivity index (χ1v) is 15.6. The Morgan fingerprint density at radius 3 is 2.77 bits per heavy atom. The summed E-state index contributed by atoms with van der Waals surface area (Å²) in [6, 6.07) is 12.4. The number of benzene rings is 2. The van der Waals surface area contributed by atoms with E-state index in [4.69, 9.17) is 31.3 Å². The lowest BCUT2D eigenvalue weighted by molar-refractivity contribution is 0.107. The van der Waals surface area contributed by atoms with Crippen molar-refractivity contribution in [3.63, 3.8) is 0 Å². The molecule has 2 unspecified atom stereocenters. The van der Waals surface area contributed by atoms with Crippen molar-refractivity contribution in [2.75, 3.05) is 37.7 Å². The molecule has 4 aliphatic rings. The van der Waals surface area contributed by atoms with Gasteiger partial charge in [0.15, 0.2) is 0 Å². The number of nitrogens with one attached hydrogen (secondary N) is 1. The van der Waals surface area contributed by atoms with Gasteiger partial charge in [0.05, 0.1) is 22.1 Å². The number of hydrogen-bond acceptors (Lipinski definition) is 9. The van der Waals surface area contributed by atoms with Crippen LogP contribution in [0.25, 0.3) is 32.9 Å². The maximum absolute atomic E-state index is 14.5. The molecule has 9 nitrogen and oxygen atoms in total. The summed E-state index contributed by atoms with van der Waals surface area (Å²) in [4.78, 5) is 31.0. The number of hydrogen-bond donors (Lipinski definition) is 1. The van der Waals surface area contributed by atoms with Crippen molar-refractivity contribution in [2.45, 2.75) is 62.8 Å². The number of pyridine rings is 1. The first kappa shape index (κ1) is 27.1. The zero-order valence-corrected chi connectivity index (χ0v) is 24.8. The maximum atomic E-state index is 14.5. The third-order valence-electron chi connectivity index (χ3n) is 9.95. The van der Waals surface area contributed by atoms with Crippen LogP contribution in [0.5, 0.6) is 6.01 Å². The topological polar surface area (TPSA) is 95.8 Å². The monoisotopic (exact) mass is 601 g/mol. The van der Waals surface area contributed by atoms with E-state index in [1.54, 1.807) is 12.1 Å². The second-order valence-electron chi connectivity index (χ2n) is 12.6. The molecule has 0 spiro atoms. The molecular formula is C32H33ClFN7O2. The summed E-state index contributed by atoms with van der Waals surface area (Å²) >= 11 is 7.03. The molecule has 4 atom stereocenters. The van der Waals surface area contributed by atoms with Gasteiger partial charge in [0.1, 0.15) is 29.4 Å². The number of nitrogens with zero attached hydrogens (tertiary/aromatic N) is 6. The summed E-state index contributed by atoms with van der Waals surface area (Å²) in [5.74, 6) is 0.717. The number of rotatable bonds is 6. The second-order valence-corrected chi connectivity index (χ2v) is 13.0. The van der Waals surface area contributed by atoms with Gasteiger partial charge in [-0.05, 0) is 67.2 Å². The Morgan fingerprint density at radius 2 is 1.95 bits per heavy atom. The van der Waals surface area contributed by atoms with Gasteiger partial charge in [-0.15, -0.1) is 4.91 Å². The molecular weight excluding hydrogens is 569 g/mol. The van der Waals surface area contributed by atoms with Crippen LogP contribution in [-0.2, 0) is 0 Å². The lowest BCUT2D eigenvalue weighted by Gasteiger charge is -2.35. The summed E-state index contributed by atoms with van der Waals surface area (Å²) in [6.45, 7) is 5.28. The Kier molecular flexibility index (Phi) is 6.50. The predicted molar refractivity (Wildman–Crippen MR) is 166 cm³/mol. The highest BCUT2D eigenvalue weighted by Crippen LogP contribution is 2.43. The van der Waals surface area contributed by atoms with E-state index in [-0.39, 0.29) is 11.5 Å². The number of nitroso groups, excluding NO2 is 1. The fourth-order valence-electron chi connectivity index (χ4n) is 7.96. The number of alkyl halides is 1. The van der Waals surface area contributed by atoms with E-state index in [0.717, 1.165) is 67.2 Å². The van der Waals surface area contributed by atoms with Crippen LogP contribution in [0.3, 0.4) is 0 Å². The molecule has 11 heteroatoms. The molecule has 4 saturated heterocycles. The normalized spacial score (nSPS) is 26.9. The Balaban J connectivity index is 1.28. The van der Waals surface area contributed by atoms with Gasteiger partial charge in [-0.25, -0.2) is 9.37 Å². The number of fused-ring (bicyclic) bond motifs is 5. The van der Waals surface area contributed by atoms with Gasteiger partial charge in [0.2, 0.25) is 0 Å². The van der Waals surface area contributed by atoms with Gasteiger partial charge in [-0.1, -0.05) is 35.9 Å². The van der Waals surface area contributed by atoms with E-state index >= 15 is 0 Å². The Morgan fingerprint density at radius 1 is 1.14 bits per heavy atom. The molecule has 2 bridgehead atoms. The van der Waals surface area contributed by atoms with Crippen molar-refractivity contribution in [2.24, 2.45) is 5.18 Å². The van der Waals surface area contributed by atoms with Gasteiger partial charge in [0.25, 0.3) is 0 Å².